The third-order valence-corrected chi connectivity index (χ3v) is 39.9. The van der Waals surface area contributed by atoms with Crippen molar-refractivity contribution in [3.05, 3.63) is 249 Å². The van der Waals surface area contributed by atoms with E-state index in [4.69, 9.17) is 97.5 Å². The second kappa shape index (κ2) is 53.3. The summed E-state index contributed by atoms with van der Waals surface area (Å²) < 4.78 is 4.61. The van der Waals surface area contributed by atoms with Crippen molar-refractivity contribution in [1.82, 2.24) is 0 Å². The zero-order chi connectivity index (χ0) is 98.5. The molecule has 0 bridgehead atoms. The van der Waals surface area contributed by atoms with Gasteiger partial charge in [0.15, 0.2) is 0 Å². The Balaban J connectivity index is 0.000000127. The molecule has 17 aliphatic rings. The van der Waals surface area contributed by atoms with Crippen molar-refractivity contribution in [3.63, 3.8) is 0 Å². The monoisotopic (exact) mass is 2240 g/mol. The molecule has 0 atom stereocenters. The van der Waals surface area contributed by atoms with Gasteiger partial charge in [-0.25, -0.2) is 30.1 Å². The molecule has 8 aromatic rings. The van der Waals surface area contributed by atoms with E-state index < -0.39 is 38.2 Å². The second-order valence-corrected chi connectivity index (χ2v) is 57.7. The summed E-state index contributed by atoms with van der Waals surface area (Å²) >= 11 is 11.9. The molecule has 0 unspecified atom stereocenters. The molecule has 8 aromatic carbocycles. The van der Waals surface area contributed by atoms with E-state index in [0.29, 0.717) is 116 Å². The van der Waals surface area contributed by atoms with E-state index in [9.17, 15) is 34.1 Å². The molecule has 141 heavy (non-hydrogen) atoms. The third kappa shape index (κ3) is 34.4. The normalized spacial score (nSPS) is 19.3. The Morgan fingerprint density at radius 2 is 0.709 bits per heavy atom. The Morgan fingerprint density at radius 3 is 1.03 bits per heavy atom. The van der Waals surface area contributed by atoms with E-state index in [2.05, 4.69) is 172 Å². The number of non-ortho nitro benzene ring substituents is 1. The number of nitro benzene ring substituents is 1. The zero-order valence-corrected chi connectivity index (χ0v) is 90.3. The zero-order valence-electron chi connectivity index (χ0n) is 81.1. The fourth-order valence-corrected chi connectivity index (χ4v) is 30.3. The van der Waals surface area contributed by atoms with Crippen LogP contribution in [0.1, 0.15) is 229 Å². The number of anilines is 6. The Kier molecular flexibility index (Phi) is 41.4. The molecule has 14 aliphatic carbocycles. The third-order valence-electron chi connectivity index (χ3n) is 29.8. The first-order valence-electron chi connectivity index (χ1n) is 51.8. The van der Waals surface area contributed by atoms with Crippen LogP contribution in [0.5, 0.6) is 0 Å². The second-order valence-electron chi connectivity index (χ2n) is 41.4. The summed E-state index contributed by atoms with van der Waals surface area (Å²) in [4.78, 5) is 86.8. The van der Waals surface area contributed by atoms with E-state index in [-0.39, 0.29) is 42.5 Å². The van der Waals surface area contributed by atoms with Gasteiger partial charge in [-0.3, -0.25) is 34.1 Å². The van der Waals surface area contributed by atoms with Crippen LogP contribution in [0.25, 0.3) is 0 Å². The van der Waals surface area contributed by atoms with Gasteiger partial charge in [0.05, 0.1) is 4.92 Å². The summed E-state index contributed by atoms with van der Waals surface area (Å²) in [5, 5.41) is 27.9. The van der Waals surface area contributed by atoms with Crippen molar-refractivity contribution in [2.45, 2.75) is 273 Å². The fraction of sp³-hybridized carbons (Fsp3) is 0.527. The minimum absolute atomic E-state index is 0. The molecule has 20 nitrogen and oxygen atoms in total. The maximum Gasteiger partial charge on any atom is 0.0342 e. The topological polar surface area (TPSA) is 295 Å². The van der Waals surface area contributed by atoms with Crippen LogP contribution in [-0.2, 0) is 43.2 Å². The molecular formula is C112H140AlBBiCl6N10O10. The van der Waals surface area contributed by atoms with Crippen molar-refractivity contribution in [2.24, 2.45) is 94.3 Å². The number of fused-ring (bicyclic) bond motifs is 3. The number of nitrogens with two attached hydrogens (primary N) is 3. The number of amides is 4. The molecule has 0 spiro atoms. The first-order valence-corrected chi connectivity index (χ1v) is 63.7. The molecule has 751 valence electrons. The van der Waals surface area contributed by atoms with Gasteiger partial charge in [-0.1, -0.05) is 54.6 Å². The SMILES string of the molecule is NC(C1CC1)C1CC1.NC(C1CC1)C1CC1.Nc1ccc2c(c1)CCC(=O)N2C(C1CC1)C1CC1.O=C(CCCl)N(c1ccccc1)C(C1CC1)C1CC1.O=C(Cl)CCCl.O=C1CCc2cc([N+](=O)[O-])ccc2N1C(C1CC1)C1CC1.O=C1CCc2ccccc2N1C(C1CC1)C1CC1.O=[N+]([O-])O.[B].[Cl][Al]([Cl])[Cl].c1cc[c]([Bi]([c]2ccccc2)[c]2ccccc2)cc1.c1ccc(NC(C2CC2)C2CC2)cc1. The maximum atomic E-state index is 12.5. The average Bonchev–Trinajstić information content (AvgIpc) is 1.60. The largest absolute Gasteiger partial charge is 0.382 e. The number of nitrogen functional groups attached to an aromatic ring is 1. The maximum absolute atomic E-state index is 12.5. The number of hydrogen-bond donors (Lipinski definition) is 5. The van der Waals surface area contributed by atoms with E-state index in [1.807, 2.05) is 47.4 Å². The molecule has 0 aromatic heterocycles. The predicted octanol–water partition coefficient (Wildman–Crippen LogP) is 22.9. The molecule has 14 fully saturated rings. The van der Waals surface area contributed by atoms with Gasteiger partial charge in [0, 0.05) is 141 Å². The van der Waals surface area contributed by atoms with Gasteiger partial charge >= 0.3 is 134 Å². The minimum Gasteiger partial charge on any atom is -0.382 e. The molecule has 8 N–H and O–H groups in total. The summed E-state index contributed by atoms with van der Waals surface area (Å²) in [6, 6.07) is 76.9. The van der Waals surface area contributed by atoms with Crippen LogP contribution in [0.4, 0.5) is 39.8 Å². The Labute approximate surface area is 876 Å². The van der Waals surface area contributed by atoms with Crippen molar-refractivity contribution < 1.29 is 39.2 Å². The van der Waals surface area contributed by atoms with Crippen LogP contribution in [0.15, 0.2) is 212 Å². The first-order chi connectivity index (χ1) is 67.9. The standard InChI is InChI=1S/C16H20ClNO.C16H18N2O3.C16H20N2O.C16H19NO.C13H17N.2C7H13N.3C6H5.C3H4Cl2O.Al.B.Bi.3ClH.HNO3/c17-11-10-15(19)18(14-4-2-1-3-5-14)16(12-6-7-12)13-8-9-13;19-15-8-5-12-9-13(18(20)21)6-7-14(12)17(15)16(10-1-2-10)11-3-4-11;17-13-6-7-14-12(9-13)5-8-15(19)18(14)16(10-1-2-10)11-3-4-11;18-15-10-9-11-3-1-2-4-14(11)17(15)16(12-5-6-12)13-7-8-13;1-2-4-12(5-3-1)14-13(10-6-7-10)11-8-9-11;2*8-7(5-1-2-5)6-3-4-6;3*1-2-4-6-5-3-1;4-2-1-3(5)6;;;;;;;2-1(3)4/h1-5,12-13,16H,6-11H2;6-7,9-11,16H,1-5,8H2;6-7,9-11,16H,1-5,8,17H2;1-4,12-13,16H,5-10H2;1-5,10-11,13-14H,6-9H2;2*5-7H,1-4,8H2;3*1-5H;1-2H2;;;;3*1H;(H,2,3,4)/q;;;;;;;;;;;+3;;;;;;/p-3. The predicted molar refractivity (Wildman–Crippen MR) is 578 cm³/mol. The Morgan fingerprint density at radius 1 is 0.411 bits per heavy atom. The molecule has 14 saturated carbocycles. The minimum atomic E-state index is -2.06. The Bertz CT molecular complexity index is 5130. The van der Waals surface area contributed by atoms with Crippen LogP contribution < -0.4 is 51.9 Å². The summed E-state index contributed by atoms with van der Waals surface area (Å²) in [6.07, 6.45) is 42.5. The van der Waals surface area contributed by atoms with Gasteiger partial charge in [-0.15, -0.1) is 33.3 Å². The number of nitrogens with one attached hydrogen (secondary N) is 1. The van der Waals surface area contributed by atoms with Gasteiger partial charge < -0.3 is 47.3 Å². The molecule has 3 heterocycles. The quantitative estimate of drug-likeness (QED) is 0.00727. The van der Waals surface area contributed by atoms with Gasteiger partial charge in [0.2, 0.25) is 28.9 Å². The number of rotatable bonds is 29. The van der Waals surface area contributed by atoms with Crippen molar-refractivity contribution in [3.8, 4) is 0 Å². The summed E-state index contributed by atoms with van der Waals surface area (Å²) in [5.41, 5.74) is 27.8. The smallest absolute Gasteiger partial charge is 0.0342 e. The van der Waals surface area contributed by atoms with E-state index >= 15 is 0 Å². The molecular weight excluding hydrogens is 2100 g/mol. The average molecular weight is 2250 g/mol. The van der Waals surface area contributed by atoms with Crippen LogP contribution in [0, 0.1) is 103 Å². The number of carbonyl (C=O) groups is 5. The number of benzene rings is 8. The van der Waals surface area contributed by atoms with E-state index in [1.54, 1.807) is 12.1 Å². The molecule has 29 heteroatoms. The van der Waals surface area contributed by atoms with E-state index in [0.717, 1.165) is 106 Å². The number of carbonyl (C=O) groups excluding carboxylic acids is 5. The van der Waals surface area contributed by atoms with Gasteiger partial charge in [0.25, 0.3) is 10.8 Å². The van der Waals surface area contributed by atoms with Crippen LogP contribution in [0.3, 0.4) is 0 Å². The molecule has 25 rings (SSSR count). The number of para-hydroxylation sites is 3. The van der Waals surface area contributed by atoms with Crippen molar-refractivity contribution >= 4 is 185 Å². The van der Waals surface area contributed by atoms with Gasteiger partial charge in [-0.05, 0) is 365 Å². The first kappa shape index (κ1) is 109. The summed E-state index contributed by atoms with van der Waals surface area (Å²) in [7, 11) is 14.8. The summed E-state index contributed by atoms with van der Waals surface area (Å²) in [5.74, 6) is 13.3. The number of nitrogens with zero attached hydrogens (tertiary/aromatic N) is 6. The summed E-state index contributed by atoms with van der Waals surface area (Å²) in [6.45, 7) is 0. The Hall–Kier alpha value is -7.35. The molecule has 3 aliphatic heterocycles. The number of alkyl halides is 2. The molecule has 3 radical (unpaired) electrons. The fourth-order valence-electron chi connectivity index (χ4n) is 20.8. The van der Waals surface area contributed by atoms with E-state index in [1.165, 1.54) is 218 Å². The van der Waals surface area contributed by atoms with Gasteiger partial charge in [0.1, 0.15) is 0 Å². The van der Waals surface area contributed by atoms with Crippen molar-refractivity contribution in [1.29, 1.82) is 0 Å². The number of hydrogen-bond acceptors (Lipinski definition) is 13. The van der Waals surface area contributed by atoms with Crippen LogP contribution in [-0.4, -0.2) is 140 Å². The van der Waals surface area contributed by atoms with Gasteiger partial charge in [-0.2, -0.15) is 0 Å². The number of nitro groups is 1. The molecule has 4 amide bonds. The number of halogens is 6. The van der Waals surface area contributed by atoms with Crippen LogP contribution >= 0.6 is 65.0 Å². The number of aryl methyl sites for hydroxylation is 3. The molecule has 0 saturated heterocycles. The van der Waals surface area contributed by atoms with Crippen molar-refractivity contribution in [2.75, 3.05) is 42.4 Å². The van der Waals surface area contributed by atoms with Crippen LogP contribution in [0.2, 0.25) is 0 Å².